The van der Waals surface area contributed by atoms with E-state index in [1.807, 2.05) is 50.2 Å². The van der Waals surface area contributed by atoms with E-state index in [9.17, 15) is 4.79 Å². The fourth-order valence-electron chi connectivity index (χ4n) is 2.64. The fourth-order valence-corrected chi connectivity index (χ4v) is 2.81. The maximum absolute atomic E-state index is 12.2. The zero-order valence-corrected chi connectivity index (χ0v) is 16.6. The normalized spacial score (nSPS) is 10.5. The number of anilines is 2. The lowest BCUT2D eigenvalue weighted by Crippen LogP contribution is -2.17. The number of rotatable bonds is 7. The van der Waals surface area contributed by atoms with Gasteiger partial charge in [-0.15, -0.1) is 0 Å². The molecular formula is C21H22ClN5O. The van der Waals surface area contributed by atoms with Gasteiger partial charge < -0.3 is 10.6 Å². The molecule has 0 aliphatic carbocycles. The topological polar surface area (TPSA) is 79.8 Å². The Morgan fingerprint density at radius 3 is 2.75 bits per heavy atom. The lowest BCUT2D eigenvalue weighted by Gasteiger charge is -2.11. The van der Waals surface area contributed by atoms with E-state index in [1.54, 1.807) is 12.3 Å². The van der Waals surface area contributed by atoms with Crippen LogP contribution in [0.2, 0.25) is 5.02 Å². The molecule has 28 heavy (non-hydrogen) atoms. The van der Waals surface area contributed by atoms with Crippen LogP contribution in [-0.2, 0) is 11.2 Å². The molecule has 3 rings (SSSR count). The summed E-state index contributed by atoms with van der Waals surface area (Å²) in [4.78, 5) is 25.6. The number of halogens is 1. The summed E-state index contributed by atoms with van der Waals surface area (Å²) in [5.41, 5.74) is 3.21. The van der Waals surface area contributed by atoms with Crippen molar-refractivity contribution in [3.63, 3.8) is 0 Å². The number of carbonyl (C=O) groups excluding carboxylic acids is 1. The number of hydrogen-bond acceptors (Lipinski definition) is 5. The minimum absolute atomic E-state index is 0.0902. The second kappa shape index (κ2) is 9.28. The molecule has 1 amide bonds. The first-order valence-corrected chi connectivity index (χ1v) is 9.53. The van der Waals surface area contributed by atoms with Crippen molar-refractivity contribution in [2.75, 3.05) is 17.2 Å². The number of nitrogens with one attached hydrogen (secondary N) is 2. The molecule has 144 valence electrons. The number of pyridine rings is 1. The Morgan fingerprint density at radius 2 is 2.00 bits per heavy atom. The van der Waals surface area contributed by atoms with Gasteiger partial charge in [0, 0.05) is 41.6 Å². The second-order valence-corrected chi connectivity index (χ2v) is 6.68. The molecule has 0 saturated carbocycles. The van der Waals surface area contributed by atoms with Crippen molar-refractivity contribution < 1.29 is 4.79 Å². The van der Waals surface area contributed by atoms with Crippen LogP contribution >= 0.6 is 11.6 Å². The highest BCUT2D eigenvalue weighted by atomic mass is 35.5. The average molecular weight is 396 g/mol. The van der Waals surface area contributed by atoms with Crippen LogP contribution in [0.15, 0.2) is 48.7 Å². The Kier molecular flexibility index (Phi) is 6.55. The lowest BCUT2D eigenvalue weighted by molar-refractivity contribution is -0.115. The number of benzene rings is 1. The quantitative estimate of drug-likeness (QED) is 0.615. The molecule has 0 aliphatic rings. The van der Waals surface area contributed by atoms with E-state index in [-0.39, 0.29) is 5.91 Å². The van der Waals surface area contributed by atoms with Crippen molar-refractivity contribution in [3.05, 3.63) is 64.9 Å². The molecule has 2 aromatic heterocycles. The predicted octanol–water partition coefficient (Wildman–Crippen LogP) is 4.50. The summed E-state index contributed by atoms with van der Waals surface area (Å²) in [7, 11) is 0. The first-order chi connectivity index (χ1) is 13.6. The van der Waals surface area contributed by atoms with E-state index in [4.69, 9.17) is 11.6 Å². The summed E-state index contributed by atoms with van der Waals surface area (Å²) in [6.07, 6.45) is 2.80. The van der Waals surface area contributed by atoms with Crippen molar-refractivity contribution in [1.82, 2.24) is 15.0 Å². The van der Waals surface area contributed by atoms with Crippen molar-refractivity contribution in [1.29, 1.82) is 0 Å². The van der Waals surface area contributed by atoms with E-state index < -0.39 is 0 Å². The molecule has 0 aliphatic heterocycles. The van der Waals surface area contributed by atoms with Gasteiger partial charge in [0.15, 0.2) is 5.82 Å². The van der Waals surface area contributed by atoms with E-state index in [0.717, 1.165) is 29.1 Å². The first-order valence-electron chi connectivity index (χ1n) is 9.15. The molecular weight excluding hydrogens is 374 g/mol. The van der Waals surface area contributed by atoms with Crippen molar-refractivity contribution in [2.24, 2.45) is 0 Å². The maximum atomic E-state index is 12.2. The average Bonchev–Trinajstić information content (AvgIpc) is 2.72. The van der Waals surface area contributed by atoms with Crippen LogP contribution in [0.3, 0.4) is 0 Å². The first kappa shape index (κ1) is 19.8. The SMILES string of the molecule is CCc1cc(NCCC(=O)Nc2cccc(Cl)c2C)nc(-c2ccccn2)n1. The molecule has 6 nitrogen and oxygen atoms in total. The zero-order chi connectivity index (χ0) is 19.9. The summed E-state index contributed by atoms with van der Waals surface area (Å²) >= 11 is 6.09. The molecule has 0 spiro atoms. The second-order valence-electron chi connectivity index (χ2n) is 6.27. The van der Waals surface area contributed by atoms with Crippen LogP contribution in [0.1, 0.15) is 24.6 Å². The Bertz CT molecular complexity index is 962. The molecule has 0 atom stereocenters. The van der Waals surface area contributed by atoms with Gasteiger partial charge in [0.05, 0.1) is 0 Å². The summed E-state index contributed by atoms with van der Waals surface area (Å²) < 4.78 is 0. The molecule has 3 aromatic rings. The largest absolute Gasteiger partial charge is 0.369 e. The van der Waals surface area contributed by atoms with Crippen molar-refractivity contribution in [2.45, 2.75) is 26.7 Å². The van der Waals surface area contributed by atoms with Gasteiger partial charge in [0.25, 0.3) is 0 Å². The van der Waals surface area contributed by atoms with E-state index in [2.05, 4.69) is 25.6 Å². The minimum Gasteiger partial charge on any atom is -0.369 e. The van der Waals surface area contributed by atoms with Crippen LogP contribution in [0.4, 0.5) is 11.5 Å². The number of carbonyl (C=O) groups is 1. The van der Waals surface area contributed by atoms with Gasteiger partial charge >= 0.3 is 0 Å². The molecule has 1 aromatic carbocycles. The van der Waals surface area contributed by atoms with E-state index in [0.29, 0.717) is 29.6 Å². The number of hydrogen-bond donors (Lipinski definition) is 2. The predicted molar refractivity (Wildman–Crippen MR) is 113 cm³/mol. The molecule has 2 N–H and O–H groups in total. The highest BCUT2D eigenvalue weighted by Gasteiger charge is 2.09. The van der Waals surface area contributed by atoms with Gasteiger partial charge in [-0.3, -0.25) is 9.78 Å². The van der Waals surface area contributed by atoms with Gasteiger partial charge in [-0.1, -0.05) is 30.7 Å². The third kappa shape index (κ3) is 5.04. The maximum Gasteiger partial charge on any atom is 0.226 e. The molecule has 0 radical (unpaired) electrons. The highest BCUT2D eigenvalue weighted by Crippen LogP contribution is 2.23. The van der Waals surface area contributed by atoms with Crippen LogP contribution in [0.25, 0.3) is 11.5 Å². The minimum atomic E-state index is -0.0902. The van der Waals surface area contributed by atoms with Gasteiger partial charge in [0.1, 0.15) is 11.5 Å². The van der Waals surface area contributed by atoms with E-state index in [1.165, 1.54) is 0 Å². The van der Waals surface area contributed by atoms with Crippen LogP contribution < -0.4 is 10.6 Å². The lowest BCUT2D eigenvalue weighted by atomic mass is 10.2. The third-order valence-corrected chi connectivity index (χ3v) is 4.64. The Labute approximate surface area is 169 Å². The third-order valence-electron chi connectivity index (χ3n) is 4.24. The molecule has 0 fully saturated rings. The summed E-state index contributed by atoms with van der Waals surface area (Å²) in [6, 6.07) is 13.0. The van der Waals surface area contributed by atoms with E-state index >= 15 is 0 Å². The summed E-state index contributed by atoms with van der Waals surface area (Å²) in [5.74, 6) is 1.16. The fraction of sp³-hybridized carbons (Fsp3) is 0.238. The summed E-state index contributed by atoms with van der Waals surface area (Å²) in [6.45, 7) is 4.37. The molecule has 0 unspecified atom stereocenters. The summed E-state index contributed by atoms with van der Waals surface area (Å²) in [5, 5.41) is 6.73. The van der Waals surface area contributed by atoms with Crippen molar-refractivity contribution in [3.8, 4) is 11.5 Å². The van der Waals surface area contributed by atoms with Crippen LogP contribution in [-0.4, -0.2) is 27.4 Å². The standard InChI is InChI=1S/C21H22ClN5O/c1-3-15-13-19(27-21(25-15)18-8-4-5-11-23-18)24-12-10-20(28)26-17-9-6-7-16(22)14(17)2/h4-9,11,13H,3,10,12H2,1-2H3,(H,26,28)(H,24,25,27). The number of aryl methyl sites for hydroxylation is 1. The van der Waals surface area contributed by atoms with Gasteiger partial charge in [-0.25, -0.2) is 9.97 Å². The molecule has 0 saturated heterocycles. The number of aromatic nitrogens is 3. The van der Waals surface area contributed by atoms with Gasteiger partial charge in [-0.2, -0.15) is 0 Å². The Morgan fingerprint density at radius 1 is 1.14 bits per heavy atom. The molecule has 2 heterocycles. The number of amides is 1. The van der Waals surface area contributed by atoms with Crippen LogP contribution in [0, 0.1) is 6.92 Å². The molecule has 7 heteroatoms. The van der Waals surface area contributed by atoms with Crippen LogP contribution in [0.5, 0.6) is 0 Å². The highest BCUT2D eigenvalue weighted by molar-refractivity contribution is 6.31. The monoisotopic (exact) mass is 395 g/mol. The Balaban J connectivity index is 1.62. The van der Waals surface area contributed by atoms with Gasteiger partial charge in [0.2, 0.25) is 5.91 Å². The zero-order valence-electron chi connectivity index (χ0n) is 15.9. The number of nitrogens with zero attached hydrogens (tertiary/aromatic N) is 3. The van der Waals surface area contributed by atoms with Gasteiger partial charge in [-0.05, 0) is 43.2 Å². The Hall–Kier alpha value is -2.99. The smallest absolute Gasteiger partial charge is 0.226 e. The van der Waals surface area contributed by atoms with Crippen molar-refractivity contribution >= 4 is 29.0 Å². The molecule has 0 bridgehead atoms.